The van der Waals surface area contributed by atoms with Crippen molar-refractivity contribution in [3.05, 3.63) is 35.0 Å². The molecule has 4 rings (SSSR count). The standard InChI is InChI=1S/C23H30N4O4.C4H6O5/c1-6-31-20-10-14-15-9-13(28)7-8-18(15)25-21(16(14)11-19(20)29-4)17-12-24-23(27(2)3)26-22(17)30-5;5-2(4(8)9)1-3(6)7/h10-13,15,18,28H,6-9H2,1-5H3;2,5H,1H2,(H,6,7)(H,8,9)/t13-,15-,18-;2-/m10/s1. The van der Waals surface area contributed by atoms with Crippen molar-refractivity contribution >= 4 is 23.6 Å². The molecular weight excluding hydrogens is 524 g/mol. The molecule has 1 aromatic carbocycles. The van der Waals surface area contributed by atoms with Crippen LogP contribution in [0.1, 0.15) is 55.2 Å². The van der Waals surface area contributed by atoms with Gasteiger partial charge in [-0.2, -0.15) is 4.98 Å². The van der Waals surface area contributed by atoms with Gasteiger partial charge in [0.25, 0.3) is 0 Å². The van der Waals surface area contributed by atoms with E-state index in [9.17, 15) is 14.7 Å². The zero-order valence-electron chi connectivity index (χ0n) is 23.2. The number of ether oxygens (including phenoxy) is 3. The first kappa shape index (κ1) is 30.6. The van der Waals surface area contributed by atoms with Gasteiger partial charge in [-0.15, -0.1) is 0 Å². The molecule has 1 aliphatic carbocycles. The molecule has 1 aromatic heterocycles. The maximum atomic E-state index is 10.3. The maximum absolute atomic E-state index is 10.3. The van der Waals surface area contributed by atoms with Crippen molar-refractivity contribution in [3.63, 3.8) is 0 Å². The lowest BCUT2D eigenvalue weighted by Gasteiger charge is -2.37. The molecule has 2 aliphatic rings. The van der Waals surface area contributed by atoms with Gasteiger partial charge in [-0.3, -0.25) is 9.79 Å². The summed E-state index contributed by atoms with van der Waals surface area (Å²) in [5.74, 6) is -0.323. The van der Waals surface area contributed by atoms with E-state index in [1.54, 1.807) is 20.4 Å². The number of carboxylic acid groups (broad SMARTS) is 2. The number of benzene rings is 1. The summed E-state index contributed by atoms with van der Waals surface area (Å²) in [5, 5.41) is 34.5. The van der Waals surface area contributed by atoms with E-state index < -0.39 is 24.5 Å². The smallest absolute Gasteiger partial charge is 0.333 e. The normalized spacial score (nSPS) is 20.0. The molecule has 13 nitrogen and oxygen atoms in total. The number of aromatic nitrogens is 2. The van der Waals surface area contributed by atoms with Crippen molar-refractivity contribution in [1.29, 1.82) is 0 Å². The molecule has 4 N–H and O–H groups in total. The number of nitrogens with zero attached hydrogens (tertiary/aromatic N) is 4. The molecule has 1 aliphatic heterocycles. The zero-order valence-corrected chi connectivity index (χ0v) is 23.2. The van der Waals surface area contributed by atoms with Gasteiger partial charge in [-0.1, -0.05) is 0 Å². The Kier molecular flexibility index (Phi) is 10.2. The van der Waals surface area contributed by atoms with Gasteiger partial charge >= 0.3 is 11.9 Å². The highest BCUT2D eigenvalue weighted by molar-refractivity contribution is 6.16. The van der Waals surface area contributed by atoms with Crippen LogP contribution in [0.15, 0.2) is 23.3 Å². The highest BCUT2D eigenvalue weighted by atomic mass is 16.5. The number of aliphatic hydroxyl groups is 2. The summed E-state index contributed by atoms with van der Waals surface area (Å²) in [7, 11) is 7.01. The van der Waals surface area contributed by atoms with Crippen molar-refractivity contribution in [2.75, 3.05) is 39.8 Å². The topological polar surface area (TPSA) is 184 Å². The van der Waals surface area contributed by atoms with Crippen LogP contribution in [0.25, 0.3) is 0 Å². The zero-order chi connectivity index (χ0) is 29.6. The van der Waals surface area contributed by atoms with E-state index in [-0.39, 0.29) is 18.1 Å². The minimum absolute atomic E-state index is 0.0759. The molecule has 0 bridgehead atoms. The number of hydrogen-bond acceptors (Lipinski definition) is 11. The van der Waals surface area contributed by atoms with Crippen molar-refractivity contribution in [1.82, 2.24) is 9.97 Å². The lowest BCUT2D eigenvalue weighted by atomic mass is 9.74. The van der Waals surface area contributed by atoms with Crippen LogP contribution in [0, 0.1) is 0 Å². The summed E-state index contributed by atoms with van der Waals surface area (Å²) in [6.45, 7) is 2.49. The van der Waals surface area contributed by atoms with Crippen LogP contribution < -0.4 is 19.1 Å². The Bertz CT molecular complexity index is 1250. The fourth-order valence-corrected chi connectivity index (χ4v) is 4.73. The quantitative estimate of drug-likeness (QED) is 0.349. The van der Waals surface area contributed by atoms with E-state index in [4.69, 9.17) is 34.5 Å². The summed E-state index contributed by atoms with van der Waals surface area (Å²) < 4.78 is 17.1. The van der Waals surface area contributed by atoms with E-state index in [2.05, 4.69) is 9.97 Å². The first-order chi connectivity index (χ1) is 19.0. The number of aliphatic hydroxyl groups excluding tert-OH is 2. The Morgan fingerprint density at radius 1 is 1.10 bits per heavy atom. The summed E-state index contributed by atoms with van der Waals surface area (Å²) in [6, 6.07) is 4.09. The van der Waals surface area contributed by atoms with Gasteiger partial charge in [0, 0.05) is 31.8 Å². The van der Waals surface area contributed by atoms with Crippen LogP contribution in [-0.4, -0.2) is 101 Å². The van der Waals surface area contributed by atoms with Gasteiger partial charge in [0.05, 0.1) is 50.7 Å². The third-order valence-corrected chi connectivity index (χ3v) is 6.61. The highest BCUT2D eigenvalue weighted by Crippen LogP contribution is 2.45. The molecule has 0 unspecified atom stereocenters. The molecule has 218 valence electrons. The SMILES string of the molecule is CCOc1cc2c(cc1OC)C(c1cnc(N(C)C)nc1OC)=N[C@@H]1CC[C@@H](O)C[C@H]21.O=C(O)C[C@H](O)C(=O)O. The molecule has 0 radical (unpaired) electrons. The largest absolute Gasteiger partial charge is 0.493 e. The van der Waals surface area contributed by atoms with Gasteiger partial charge in [-0.25, -0.2) is 9.78 Å². The third kappa shape index (κ3) is 6.96. The molecular formula is C27H36N4O9. The average molecular weight is 561 g/mol. The first-order valence-corrected chi connectivity index (χ1v) is 12.8. The minimum Gasteiger partial charge on any atom is -0.493 e. The van der Waals surface area contributed by atoms with Gasteiger partial charge in [-0.05, 0) is 43.9 Å². The van der Waals surface area contributed by atoms with Crippen LogP contribution >= 0.6 is 0 Å². The Morgan fingerprint density at radius 3 is 2.38 bits per heavy atom. The Balaban J connectivity index is 0.000000424. The summed E-state index contributed by atoms with van der Waals surface area (Å²) in [4.78, 5) is 35.4. The van der Waals surface area contributed by atoms with Gasteiger partial charge < -0.3 is 39.5 Å². The van der Waals surface area contributed by atoms with Crippen LogP contribution in [0.4, 0.5) is 5.95 Å². The fraction of sp³-hybridized carbons (Fsp3) is 0.519. The van der Waals surface area contributed by atoms with Gasteiger partial charge in [0.2, 0.25) is 11.8 Å². The van der Waals surface area contributed by atoms with Gasteiger partial charge in [0.1, 0.15) is 0 Å². The predicted molar refractivity (Wildman–Crippen MR) is 145 cm³/mol. The van der Waals surface area contributed by atoms with Crippen LogP contribution in [0.3, 0.4) is 0 Å². The number of hydrogen-bond donors (Lipinski definition) is 4. The van der Waals surface area contributed by atoms with Crippen molar-refractivity contribution in [3.8, 4) is 17.4 Å². The number of aliphatic carboxylic acids is 2. The third-order valence-electron chi connectivity index (χ3n) is 6.61. The number of aliphatic imine (C=N–C) groups is 1. The average Bonchev–Trinajstić information content (AvgIpc) is 2.92. The van der Waals surface area contributed by atoms with Crippen LogP contribution in [0.5, 0.6) is 17.4 Å². The molecule has 4 atom stereocenters. The summed E-state index contributed by atoms with van der Waals surface area (Å²) >= 11 is 0. The Labute approximate surface area is 232 Å². The minimum atomic E-state index is -1.79. The molecule has 13 heteroatoms. The Morgan fingerprint density at radius 2 is 1.82 bits per heavy atom. The Hall–Kier alpha value is -3.97. The molecule has 40 heavy (non-hydrogen) atoms. The second-order valence-corrected chi connectivity index (χ2v) is 9.58. The molecule has 2 aromatic rings. The van der Waals surface area contributed by atoms with E-state index in [0.29, 0.717) is 36.4 Å². The number of carbonyl (C=O) groups is 2. The molecule has 2 heterocycles. The van der Waals surface area contributed by atoms with Crippen molar-refractivity contribution in [2.24, 2.45) is 4.99 Å². The molecule has 0 saturated heterocycles. The number of carboxylic acids is 2. The van der Waals surface area contributed by atoms with E-state index >= 15 is 0 Å². The molecule has 0 spiro atoms. The highest BCUT2D eigenvalue weighted by Gasteiger charge is 2.38. The number of rotatable bonds is 9. The van der Waals surface area contributed by atoms with Gasteiger partial charge in [0.15, 0.2) is 17.6 Å². The predicted octanol–water partition coefficient (Wildman–Crippen LogP) is 1.71. The monoisotopic (exact) mass is 560 g/mol. The number of anilines is 1. The van der Waals surface area contributed by atoms with Crippen molar-refractivity contribution in [2.45, 2.75) is 56.8 Å². The van der Waals surface area contributed by atoms with E-state index in [1.807, 2.05) is 38.1 Å². The molecule has 1 fully saturated rings. The fourth-order valence-electron chi connectivity index (χ4n) is 4.73. The van der Waals surface area contributed by atoms with Crippen LogP contribution in [-0.2, 0) is 9.59 Å². The summed E-state index contributed by atoms with van der Waals surface area (Å²) in [6.07, 6.45) is 1.15. The lowest BCUT2D eigenvalue weighted by Crippen LogP contribution is -2.34. The number of fused-ring (bicyclic) bond motifs is 3. The second kappa shape index (κ2) is 13.4. The summed E-state index contributed by atoms with van der Waals surface area (Å²) in [5.41, 5.74) is 3.58. The van der Waals surface area contributed by atoms with Crippen molar-refractivity contribution < 1.29 is 44.2 Å². The molecule has 1 saturated carbocycles. The number of methoxy groups -OCH3 is 2. The lowest BCUT2D eigenvalue weighted by molar-refractivity contribution is -0.152. The van der Waals surface area contributed by atoms with E-state index in [0.717, 1.165) is 35.2 Å². The van der Waals surface area contributed by atoms with E-state index in [1.165, 1.54) is 0 Å². The maximum Gasteiger partial charge on any atom is 0.333 e. The second-order valence-electron chi connectivity index (χ2n) is 9.58. The van der Waals surface area contributed by atoms with Crippen LogP contribution in [0.2, 0.25) is 0 Å². The molecule has 0 amide bonds. The first-order valence-electron chi connectivity index (χ1n) is 12.8.